The first-order chi connectivity index (χ1) is 12.6. The van der Waals surface area contributed by atoms with Gasteiger partial charge in [-0.15, -0.1) is 0 Å². The molecule has 0 unspecified atom stereocenters. The van der Waals surface area contributed by atoms with E-state index in [0.717, 1.165) is 29.5 Å². The maximum absolute atomic E-state index is 12.5. The zero-order valence-corrected chi connectivity index (χ0v) is 16.1. The van der Waals surface area contributed by atoms with Crippen LogP contribution in [0.4, 0.5) is 0 Å². The Hall–Kier alpha value is -2.26. The maximum Gasteiger partial charge on any atom is 0.220 e. The molecule has 0 aliphatic carbocycles. The van der Waals surface area contributed by atoms with Crippen molar-refractivity contribution in [1.29, 1.82) is 0 Å². The summed E-state index contributed by atoms with van der Waals surface area (Å²) >= 11 is 6.06. The zero-order chi connectivity index (χ0) is 18.5. The standard InChI is InChI=1S/C22H25ClN2O/c1-3-12-24-21(26)13-19(16-8-10-17(23)11-9-16)20-14-25-22-15(4-2)6-5-7-18(20)22/h5-11,14,19,25H,3-4,12-13H2,1-2H3,(H,24,26)/t19-/m0/s1. The minimum atomic E-state index is -0.00928. The summed E-state index contributed by atoms with van der Waals surface area (Å²) in [6.07, 6.45) is 4.38. The highest BCUT2D eigenvalue weighted by atomic mass is 35.5. The molecule has 0 aliphatic rings. The average molecular weight is 369 g/mol. The van der Waals surface area contributed by atoms with Crippen LogP contribution in [0.1, 0.15) is 49.3 Å². The highest BCUT2D eigenvalue weighted by molar-refractivity contribution is 6.30. The van der Waals surface area contributed by atoms with Crippen LogP contribution in [0.25, 0.3) is 10.9 Å². The molecule has 1 atom stereocenters. The number of carbonyl (C=O) groups is 1. The molecule has 2 aromatic carbocycles. The summed E-state index contributed by atoms with van der Waals surface area (Å²) in [6, 6.07) is 14.2. The molecule has 2 N–H and O–H groups in total. The number of nitrogens with one attached hydrogen (secondary N) is 2. The van der Waals surface area contributed by atoms with Crippen molar-refractivity contribution in [3.8, 4) is 0 Å². The third-order valence-corrected chi connectivity index (χ3v) is 5.08. The number of halogens is 1. The number of H-pyrrole nitrogens is 1. The van der Waals surface area contributed by atoms with E-state index in [1.54, 1.807) is 0 Å². The fourth-order valence-corrected chi connectivity index (χ4v) is 3.57. The number of aromatic amines is 1. The van der Waals surface area contributed by atoms with Crippen molar-refractivity contribution < 1.29 is 4.79 Å². The van der Waals surface area contributed by atoms with E-state index in [4.69, 9.17) is 11.6 Å². The van der Waals surface area contributed by atoms with Crippen LogP contribution in [0.5, 0.6) is 0 Å². The molecule has 3 aromatic rings. The Balaban J connectivity index is 2.03. The Bertz CT molecular complexity index is 883. The van der Waals surface area contributed by atoms with Crippen LogP contribution in [0.3, 0.4) is 0 Å². The number of rotatable bonds is 7. The summed E-state index contributed by atoms with van der Waals surface area (Å²) in [6.45, 7) is 4.92. The molecule has 1 heterocycles. The van der Waals surface area contributed by atoms with Gasteiger partial charge in [-0.25, -0.2) is 0 Å². The molecule has 0 spiro atoms. The molecule has 0 aliphatic heterocycles. The van der Waals surface area contributed by atoms with Crippen LogP contribution < -0.4 is 5.32 Å². The summed E-state index contributed by atoms with van der Waals surface area (Å²) in [4.78, 5) is 15.9. The van der Waals surface area contributed by atoms with E-state index in [-0.39, 0.29) is 11.8 Å². The molecule has 26 heavy (non-hydrogen) atoms. The molecular weight excluding hydrogens is 344 g/mol. The van der Waals surface area contributed by atoms with Gasteiger partial charge in [0.15, 0.2) is 0 Å². The van der Waals surface area contributed by atoms with Gasteiger partial charge in [0.2, 0.25) is 5.91 Å². The second-order valence-electron chi connectivity index (χ2n) is 6.60. The molecule has 0 saturated heterocycles. The molecule has 0 saturated carbocycles. The summed E-state index contributed by atoms with van der Waals surface area (Å²) in [7, 11) is 0. The Labute approximate surface area is 159 Å². The molecule has 136 valence electrons. The Morgan fingerprint density at radius 2 is 1.92 bits per heavy atom. The molecule has 0 bridgehead atoms. The first kappa shape index (κ1) is 18.5. The predicted molar refractivity (Wildman–Crippen MR) is 109 cm³/mol. The van der Waals surface area contributed by atoms with Crippen LogP contribution in [-0.2, 0) is 11.2 Å². The quantitative estimate of drug-likeness (QED) is 0.573. The van der Waals surface area contributed by atoms with Gasteiger partial charge in [-0.2, -0.15) is 0 Å². The zero-order valence-electron chi connectivity index (χ0n) is 15.3. The van der Waals surface area contributed by atoms with Gasteiger partial charge >= 0.3 is 0 Å². The van der Waals surface area contributed by atoms with Gasteiger partial charge in [0.25, 0.3) is 0 Å². The number of hydrogen-bond acceptors (Lipinski definition) is 1. The Morgan fingerprint density at radius 3 is 2.62 bits per heavy atom. The normalized spacial score (nSPS) is 12.3. The van der Waals surface area contributed by atoms with Gasteiger partial charge in [0.1, 0.15) is 0 Å². The predicted octanol–water partition coefficient (Wildman–Crippen LogP) is 5.43. The summed E-state index contributed by atoms with van der Waals surface area (Å²) in [5.74, 6) is 0.0674. The van der Waals surface area contributed by atoms with E-state index in [1.807, 2.05) is 24.3 Å². The van der Waals surface area contributed by atoms with E-state index < -0.39 is 0 Å². The number of para-hydroxylation sites is 1. The van der Waals surface area contributed by atoms with Crippen LogP contribution in [0.15, 0.2) is 48.7 Å². The molecule has 3 rings (SSSR count). The molecular formula is C22H25ClN2O. The summed E-state index contributed by atoms with van der Waals surface area (Å²) < 4.78 is 0. The number of benzene rings is 2. The van der Waals surface area contributed by atoms with E-state index >= 15 is 0 Å². The lowest BCUT2D eigenvalue weighted by Gasteiger charge is -2.17. The van der Waals surface area contributed by atoms with Gasteiger partial charge in [0.05, 0.1) is 0 Å². The number of hydrogen-bond donors (Lipinski definition) is 2. The van der Waals surface area contributed by atoms with E-state index in [1.165, 1.54) is 10.9 Å². The van der Waals surface area contributed by atoms with Gasteiger partial charge in [0, 0.05) is 41.0 Å². The number of carbonyl (C=O) groups excluding carboxylic acids is 1. The first-order valence-electron chi connectivity index (χ1n) is 9.25. The van der Waals surface area contributed by atoms with E-state index in [9.17, 15) is 4.79 Å². The van der Waals surface area contributed by atoms with Gasteiger partial charge in [-0.05, 0) is 41.7 Å². The first-order valence-corrected chi connectivity index (χ1v) is 9.62. The third-order valence-electron chi connectivity index (χ3n) is 4.82. The molecule has 0 radical (unpaired) electrons. The number of amides is 1. The second kappa shape index (κ2) is 8.41. The van der Waals surface area contributed by atoms with Crippen LogP contribution in [-0.4, -0.2) is 17.4 Å². The van der Waals surface area contributed by atoms with Crippen molar-refractivity contribution in [2.45, 2.75) is 39.0 Å². The topological polar surface area (TPSA) is 44.9 Å². The lowest BCUT2D eigenvalue weighted by atomic mass is 9.87. The van der Waals surface area contributed by atoms with Crippen molar-refractivity contribution in [2.24, 2.45) is 0 Å². The largest absolute Gasteiger partial charge is 0.361 e. The molecule has 3 nitrogen and oxygen atoms in total. The van der Waals surface area contributed by atoms with Crippen LogP contribution in [0.2, 0.25) is 5.02 Å². The Kier molecular flexibility index (Phi) is 6.00. The monoisotopic (exact) mass is 368 g/mol. The SMILES string of the molecule is CCCNC(=O)C[C@@H](c1ccc(Cl)cc1)c1c[nH]c2c(CC)cccc12. The minimum absolute atomic E-state index is 0.00928. The highest BCUT2D eigenvalue weighted by Gasteiger charge is 2.22. The van der Waals surface area contributed by atoms with Crippen LogP contribution in [0, 0.1) is 0 Å². The van der Waals surface area contributed by atoms with Crippen molar-refractivity contribution >= 4 is 28.4 Å². The van der Waals surface area contributed by atoms with Crippen molar-refractivity contribution in [3.63, 3.8) is 0 Å². The number of aryl methyl sites for hydroxylation is 1. The lowest BCUT2D eigenvalue weighted by molar-refractivity contribution is -0.121. The number of fused-ring (bicyclic) bond motifs is 1. The second-order valence-corrected chi connectivity index (χ2v) is 7.03. The fourth-order valence-electron chi connectivity index (χ4n) is 3.45. The maximum atomic E-state index is 12.5. The van der Waals surface area contributed by atoms with E-state index in [2.05, 4.69) is 48.5 Å². The minimum Gasteiger partial charge on any atom is -0.361 e. The average Bonchev–Trinajstić information content (AvgIpc) is 3.09. The van der Waals surface area contributed by atoms with Gasteiger partial charge in [-0.3, -0.25) is 4.79 Å². The smallest absolute Gasteiger partial charge is 0.220 e. The molecule has 0 fully saturated rings. The van der Waals surface area contributed by atoms with Crippen molar-refractivity contribution in [1.82, 2.24) is 10.3 Å². The van der Waals surface area contributed by atoms with E-state index in [0.29, 0.717) is 18.0 Å². The Morgan fingerprint density at radius 1 is 1.15 bits per heavy atom. The summed E-state index contributed by atoms with van der Waals surface area (Å²) in [5, 5.41) is 4.89. The van der Waals surface area contributed by atoms with Crippen LogP contribution >= 0.6 is 11.6 Å². The third kappa shape index (κ3) is 3.94. The molecule has 1 amide bonds. The van der Waals surface area contributed by atoms with Crippen molar-refractivity contribution in [3.05, 3.63) is 70.4 Å². The summed E-state index contributed by atoms with van der Waals surface area (Å²) in [5.41, 5.74) is 4.71. The fraction of sp³-hybridized carbons (Fsp3) is 0.318. The highest BCUT2D eigenvalue weighted by Crippen LogP contribution is 2.35. The lowest BCUT2D eigenvalue weighted by Crippen LogP contribution is -2.26. The van der Waals surface area contributed by atoms with Gasteiger partial charge in [-0.1, -0.05) is 55.8 Å². The molecule has 1 aromatic heterocycles. The van der Waals surface area contributed by atoms with Gasteiger partial charge < -0.3 is 10.3 Å². The molecule has 4 heteroatoms. The number of aromatic nitrogens is 1. The van der Waals surface area contributed by atoms with Crippen molar-refractivity contribution in [2.75, 3.05) is 6.54 Å².